The molecule has 1 atom stereocenters. The first kappa shape index (κ1) is 13.4. The molecule has 0 radical (unpaired) electrons. The molecule has 0 saturated heterocycles. The van der Waals surface area contributed by atoms with Gasteiger partial charge >= 0.3 is 6.03 Å². The predicted octanol–water partition coefficient (Wildman–Crippen LogP) is 2.98. The molecule has 8 heteroatoms. The molecule has 2 rings (SSSR count). The number of nitrogens with one attached hydrogen (secondary N) is 3. The number of halogens is 2. The minimum Gasteiger partial charge on any atom is -0.308 e. The predicted molar refractivity (Wildman–Crippen MR) is 71.3 cm³/mol. The van der Waals surface area contributed by atoms with Crippen LogP contribution in [0.25, 0.3) is 0 Å². The van der Waals surface area contributed by atoms with Crippen LogP contribution in [0.4, 0.5) is 25.0 Å². The molecule has 2 aromatic rings. The maximum absolute atomic E-state index is 13.0. The van der Waals surface area contributed by atoms with Crippen LogP contribution in [0.5, 0.6) is 0 Å². The van der Waals surface area contributed by atoms with Crippen molar-refractivity contribution in [3.63, 3.8) is 0 Å². The van der Waals surface area contributed by atoms with Crippen molar-refractivity contribution >= 4 is 26.6 Å². The number of nitrogens with zero attached hydrogens (tertiary/aromatic N) is 1. The number of rotatable bonds is 3. The minimum absolute atomic E-state index is 0.140. The van der Waals surface area contributed by atoms with Crippen molar-refractivity contribution in [3.8, 4) is 0 Å². The molecule has 0 aliphatic rings. The van der Waals surface area contributed by atoms with Gasteiger partial charge in [0.05, 0.1) is 11.9 Å². The number of H-pyrrole nitrogens is 1. The lowest BCUT2D eigenvalue weighted by atomic mass is 10.2. The van der Waals surface area contributed by atoms with Crippen molar-refractivity contribution in [3.05, 3.63) is 42.2 Å². The van der Waals surface area contributed by atoms with E-state index in [0.717, 1.165) is 0 Å². The Hall–Kier alpha value is -2.01. The molecule has 0 saturated carbocycles. The highest BCUT2D eigenvalue weighted by atomic mass is 31.0. The summed E-state index contributed by atoms with van der Waals surface area (Å²) in [6, 6.07) is 4.83. The molecule has 0 bridgehead atoms. The summed E-state index contributed by atoms with van der Waals surface area (Å²) in [7, 11) is 1.46. The van der Waals surface area contributed by atoms with Crippen LogP contribution in [0.15, 0.2) is 36.7 Å². The maximum atomic E-state index is 13.0. The van der Waals surface area contributed by atoms with Gasteiger partial charge in [0.1, 0.15) is 0 Å². The van der Waals surface area contributed by atoms with E-state index in [9.17, 15) is 13.6 Å². The lowest BCUT2D eigenvalue weighted by Gasteiger charge is -2.11. The molecule has 0 aliphatic heterocycles. The fourth-order valence-corrected chi connectivity index (χ4v) is 1.58. The van der Waals surface area contributed by atoms with Crippen LogP contribution in [0, 0.1) is 0 Å². The number of hydrogen-bond acceptors (Lipinski definition) is 2. The number of amides is 2. The highest BCUT2D eigenvalue weighted by Crippen LogP contribution is 2.34. The van der Waals surface area contributed by atoms with Crippen LogP contribution in [-0.4, -0.2) is 16.2 Å². The Morgan fingerprint density at radius 1 is 1.21 bits per heavy atom. The molecule has 100 valence electrons. The normalized spacial score (nSPS) is 11.1. The van der Waals surface area contributed by atoms with E-state index in [2.05, 4.69) is 20.8 Å². The lowest BCUT2D eigenvalue weighted by molar-refractivity contribution is 0.104. The first-order chi connectivity index (χ1) is 8.95. The number of aromatic nitrogens is 2. The standard InChI is InChI=1S/C11H11F2N4OP/c12-11(13,19)7-1-3-8(4-2-7)16-10(18)17-9-5-14-15-6-9/h1-6H,19H2,(H,14,15)(H2,16,17,18). The minimum atomic E-state index is -2.97. The van der Waals surface area contributed by atoms with Gasteiger partial charge in [0.25, 0.3) is 5.66 Å². The third kappa shape index (κ3) is 3.72. The van der Waals surface area contributed by atoms with E-state index in [4.69, 9.17) is 0 Å². The first-order valence-corrected chi connectivity index (χ1v) is 5.87. The smallest absolute Gasteiger partial charge is 0.308 e. The molecule has 1 unspecified atom stereocenters. The van der Waals surface area contributed by atoms with Gasteiger partial charge < -0.3 is 10.6 Å². The topological polar surface area (TPSA) is 69.8 Å². The number of benzene rings is 1. The van der Waals surface area contributed by atoms with E-state index in [1.165, 1.54) is 45.9 Å². The second kappa shape index (κ2) is 5.32. The summed E-state index contributed by atoms with van der Waals surface area (Å²) in [4.78, 5) is 11.5. The van der Waals surface area contributed by atoms with Crippen molar-refractivity contribution in [1.82, 2.24) is 10.2 Å². The largest absolute Gasteiger partial charge is 0.323 e. The molecule has 19 heavy (non-hydrogen) atoms. The van der Waals surface area contributed by atoms with Crippen LogP contribution in [0.3, 0.4) is 0 Å². The molecular weight excluding hydrogens is 273 g/mol. The summed E-state index contributed by atoms with van der Waals surface area (Å²) < 4.78 is 25.9. The van der Waals surface area contributed by atoms with Crippen LogP contribution < -0.4 is 10.6 Å². The van der Waals surface area contributed by atoms with Gasteiger partial charge in [0.15, 0.2) is 0 Å². The van der Waals surface area contributed by atoms with Gasteiger partial charge in [-0.3, -0.25) is 5.10 Å². The van der Waals surface area contributed by atoms with Crippen molar-refractivity contribution < 1.29 is 13.6 Å². The highest BCUT2D eigenvalue weighted by Gasteiger charge is 2.23. The monoisotopic (exact) mass is 284 g/mol. The van der Waals surface area contributed by atoms with Gasteiger partial charge in [-0.2, -0.15) is 13.9 Å². The van der Waals surface area contributed by atoms with Gasteiger partial charge in [-0.25, -0.2) is 4.79 Å². The molecule has 2 amide bonds. The van der Waals surface area contributed by atoms with Gasteiger partial charge in [0.2, 0.25) is 0 Å². The zero-order valence-electron chi connectivity index (χ0n) is 9.65. The SMILES string of the molecule is O=C(Nc1ccc(C(F)(F)P)cc1)Nc1cn[nH]c1. The molecule has 1 heterocycles. The number of aromatic amines is 1. The van der Waals surface area contributed by atoms with E-state index < -0.39 is 11.7 Å². The Bertz CT molecular complexity index is 551. The average molecular weight is 284 g/mol. The molecular formula is C11H11F2N4OP. The Morgan fingerprint density at radius 3 is 2.37 bits per heavy atom. The molecule has 0 fully saturated rings. The fourth-order valence-electron chi connectivity index (χ4n) is 1.39. The van der Waals surface area contributed by atoms with Gasteiger partial charge in [-0.1, -0.05) is 21.4 Å². The van der Waals surface area contributed by atoms with Crippen molar-refractivity contribution in [1.29, 1.82) is 0 Å². The summed E-state index contributed by atoms with van der Waals surface area (Å²) in [5.41, 5.74) is -2.19. The lowest BCUT2D eigenvalue weighted by Crippen LogP contribution is -2.19. The Labute approximate surface area is 110 Å². The Balaban J connectivity index is 1.98. The Morgan fingerprint density at radius 2 is 1.84 bits per heavy atom. The van der Waals surface area contributed by atoms with Crippen LogP contribution in [-0.2, 0) is 5.66 Å². The van der Waals surface area contributed by atoms with Gasteiger partial charge in [0, 0.05) is 17.4 Å². The van der Waals surface area contributed by atoms with Crippen molar-refractivity contribution in [2.75, 3.05) is 10.6 Å². The molecule has 1 aromatic carbocycles. The van der Waals surface area contributed by atoms with Crippen LogP contribution in [0.2, 0.25) is 0 Å². The summed E-state index contributed by atoms with van der Waals surface area (Å²) >= 11 is 0. The zero-order chi connectivity index (χ0) is 13.9. The summed E-state index contributed by atoms with van der Waals surface area (Å²) in [5.74, 6) is 0. The van der Waals surface area contributed by atoms with Gasteiger partial charge in [-0.05, 0) is 12.1 Å². The maximum Gasteiger partial charge on any atom is 0.323 e. The summed E-state index contributed by atoms with van der Waals surface area (Å²) in [5, 5.41) is 11.2. The van der Waals surface area contributed by atoms with Crippen LogP contribution in [0.1, 0.15) is 5.56 Å². The molecule has 0 spiro atoms. The van der Waals surface area contributed by atoms with E-state index in [1.54, 1.807) is 0 Å². The van der Waals surface area contributed by atoms with Crippen molar-refractivity contribution in [2.24, 2.45) is 0 Å². The highest BCUT2D eigenvalue weighted by molar-refractivity contribution is 7.17. The zero-order valence-corrected chi connectivity index (χ0v) is 10.8. The Kier molecular flexibility index (Phi) is 3.76. The van der Waals surface area contributed by atoms with Crippen LogP contribution >= 0.6 is 9.24 Å². The number of urea groups is 1. The molecule has 5 nitrogen and oxygen atoms in total. The summed E-state index contributed by atoms with van der Waals surface area (Å²) in [6.07, 6.45) is 2.95. The molecule has 0 aliphatic carbocycles. The second-order valence-corrected chi connectivity index (χ2v) is 4.49. The fraction of sp³-hybridized carbons (Fsp3) is 0.0909. The van der Waals surface area contributed by atoms with E-state index >= 15 is 0 Å². The molecule has 1 aromatic heterocycles. The average Bonchev–Trinajstić information content (AvgIpc) is 2.81. The van der Waals surface area contributed by atoms with Gasteiger partial charge in [-0.15, -0.1) is 0 Å². The number of alkyl halides is 2. The first-order valence-electron chi connectivity index (χ1n) is 5.29. The van der Waals surface area contributed by atoms with E-state index in [1.807, 2.05) is 0 Å². The van der Waals surface area contributed by atoms with E-state index in [0.29, 0.717) is 11.4 Å². The quantitative estimate of drug-likeness (QED) is 0.758. The van der Waals surface area contributed by atoms with E-state index in [-0.39, 0.29) is 5.56 Å². The van der Waals surface area contributed by atoms with Crippen molar-refractivity contribution in [2.45, 2.75) is 5.66 Å². The third-order valence-corrected chi connectivity index (χ3v) is 2.62. The molecule has 3 N–H and O–H groups in total. The number of anilines is 2. The number of carbonyl (C=O) groups excluding carboxylic acids is 1. The number of carbonyl (C=O) groups is 1. The summed E-state index contributed by atoms with van der Waals surface area (Å²) in [6.45, 7) is 0. The number of hydrogen-bond donors (Lipinski definition) is 3. The second-order valence-electron chi connectivity index (χ2n) is 3.77. The third-order valence-electron chi connectivity index (χ3n) is 2.28.